The molecule has 9 rings (SSSR count). The average Bonchev–Trinajstić information content (AvgIpc) is 3.22. The first-order valence-corrected chi connectivity index (χ1v) is 17.6. The molecule has 2 atom stereocenters. The lowest BCUT2D eigenvalue weighted by molar-refractivity contribution is 0.735. The fraction of sp³-hybridized carbons (Fsp3) is 0.0851. The van der Waals surface area contributed by atoms with Crippen LogP contribution in [0.3, 0.4) is 0 Å². The largest absolute Gasteiger partial charge is 0.314 e. The summed E-state index contributed by atoms with van der Waals surface area (Å²) >= 11 is 0. The molecule has 51 heavy (non-hydrogen) atoms. The molecule has 2 heterocycles. The Kier molecular flexibility index (Phi) is 7.90. The first-order valence-electron chi connectivity index (χ1n) is 17.6. The summed E-state index contributed by atoms with van der Waals surface area (Å²) in [5, 5.41) is 0. The number of allylic oxidation sites excluding steroid dienone is 4. The van der Waals surface area contributed by atoms with Crippen LogP contribution in [0.2, 0.25) is 0 Å². The minimum Gasteiger partial charge on any atom is -0.314 e. The molecule has 7 aromatic rings. The second-order valence-corrected chi connectivity index (χ2v) is 13.3. The van der Waals surface area contributed by atoms with Gasteiger partial charge in [-0.1, -0.05) is 165 Å². The number of benzene rings is 6. The zero-order chi connectivity index (χ0) is 34.1. The third-order valence-electron chi connectivity index (χ3n) is 10.1. The molecule has 0 spiro atoms. The van der Waals surface area contributed by atoms with E-state index < -0.39 is 0 Å². The maximum Gasteiger partial charge on any atom is 0.164 e. The smallest absolute Gasteiger partial charge is 0.164 e. The van der Waals surface area contributed by atoms with E-state index in [1.807, 2.05) is 60.7 Å². The summed E-state index contributed by atoms with van der Waals surface area (Å²) in [5.74, 6) is 2.50. The van der Waals surface area contributed by atoms with Crippen LogP contribution < -0.4 is 4.90 Å². The van der Waals surface area contributed by atoms with Gasteiger partial charge < -0.3 is 4.90 Å². The third-order valence-corrected chi connectivity index (χ3v) is 10.1. The van der Waals surface area contributed by atoms with Crippen molar-refractivity contribution < 1.29 is 0 Å². The number of nitrogens with zero attached hydrogens (tertiary/aromatic N) is 4. The molecule has 0 saturated carbocycles. The number of anilines is 2. The molecule has 0 radical (unpaired) electrons. The van der Waals surface area contributed by atoms with Crippen molar-refractivity contribution in [2.75, 3.05) is 4.90 Å². The zero-order valence-electron chi connectivity index (χ0n) is 28.4. The lowest BCUT2D eigenvalue weighted by atomic mass is 9.78. The highest BCUT2D eigenvalue weighted by molar-refractivity contribution is 5.80. The SMILES string of the molecule is CC1C2=C(CC(c3cccc(-c4ccccc4)c3)C=C2)N(c2cccc(-c3nc(-c4ccccc4)nc(-c4ccccc4)n3)c2)c2ccccc21. The van der Waals surface area contributed by atoms with Crippen molar-refractivity contribution in [3.05, 3.63) is 198 Å². The van der Waals surface area contributed by atoms with Crippen molar-refractivity contribution in [1.29, 1.82) is 0 Å². The quantitative estimate of drug-likeness (QED) is 0.179. The van der Waals surface area contributed by atoms with Gasteiger partial charge in [0.15, 0.2) is 17.5 Å². The number of fused-ring (bicyclic) bond motifs is 1. The number of hydrogen-bond donors (Lipinski definition) is 0. The molecule has 1 aromatic heterocycles. The van der Waals surface area contributed by atoms with Crippen LogP contribution in [0.4, 0.5) is 11.4 Å². The molecule has 0 amide bonds. The van der Waals surface area contributed by atoms with Crippen LogP contribution in [0, 0.1) is 0 Å². The summed E-state index contributed by atoms with van der Waals surface area (Å²) in [5.41, 5.74) is 13.0. The van der Waals surface area contributed by atoms with E-state index in [1.165, 1.54) is 39.2 Å². The lowest BCUT2D eigenvalue weighted by Gasteiger charge is -2.41. The van der Waals surface area contributed by atoms with Gasteiger partial charge in [-0.15, -0.1) is 0 Å². The molecule has 6 aromatic carbocycles. The molecule has 1 aliphatic carbocycles. The number of para-hydroxylation sites is 1. The van der Waals surface area contributed by atoms with Crippen LogP contribution in [0.25, 0.3) is 45.3 Å². The van der Waals surface area contributed by atoms with Crippen molar-refractivity contribution in [2.45, 2.75) is 25.2 Å². The maximum absolute atomic E-state index is 5.04. The molecule has 2 aliphatic rings. The van der Waals surface area contributed by atoms with Gasteiger partial charge in [0.1, 0.15) is 0 Å². The first kappa shape index (κ1) is 30.7. The molecule has 2 unspecified atom stereocenters. The highest BCUT2D eigenvalue weighted by atomic mass is 15.2. The van der Waals surface area contributed by atoms with Gasteiger partial charge in [-0.05, 0) is 52.4 Å². The fourth-order valence-corrected chi connectivity index (χ4v) is 7.52. The maximum atomic E-state index is 5.04. The van der Waals surface area contributed by atoms with Crippen LogP contribution in [0.5, 0.6) is 0 Å². The Labute approximate surface area is 299 Å². The molecule has 244 valence electrons. The lowest BCUT2D eigenvalue weighted by Crippen LogP contribution is -2.28. The minimum absolute atomic E-state index is 0.251. The zero-order valence-corrected chi connectivity index (χ0v) is 28.4. The first-order chi connectivity index (χ1) is 25.2. The molecular formula is C47H36N4. The van der Waals surface area contributed by atoms with E-state index in [1.54, 1.807) is 0 Å². The van der Waals surface area contributed by atoms with Crippen LogP contribution in [-0.4, -0.2) is 15.0 Å². The molecule has 4 heteroatoms. The van der Waals surface area contributed by atoms with Gasteiger partial charge >= 0.3 is 0 Å². The molecule has 0 fully saturated rings. The molecule has 0 saturated heterocycles. The van der Waals surface area contributed by atoms with Gasteiger partial charge in [0.05, 0.1) is 0 Å². The van der Waals surface area contributed by atoms with Gasteiger partial charge in [-0.3, -0.25) is 0 Å². The van der Waals surface area contributed by atoms with Crippen molar-refractivity contribution in [2.24, 2.45) is 0 Å². The van der Waals surface area contributed by atoms with E-state index in [0.29, 0.717) is 17.5 Å². The Hall–Kier alpha value is -6.39. The summed E-state index contributed by atoms with van der Waals surface area (Å²) in [4.78, 5) is 17.5. The predicted molar refractivity (Wildman–Crippen MR) is 209 cm³/mol. The van der Waals surface area contributed by atoms with E-state index in [2.05, 4.69) is 127 Å². The molecular weight excluding hydrogens is 621 g/mol. The van der Waals surface area contributed by atoms with Crippen LogP contribution in [0.15, 0.2) is 187 Å². The summed E-state index contributed by atoms with van der Waals surface area (Å²) in [6.45, 7) is 2.34. The minimum atomic E-state index is 0.251. The molecule has 1 aliphatic heterocycles. The highest BCUT2D eigenvalue weighted by Crippen LogP contribution is 2.50. The summed E-state index contributed by atoms with van der Waals surface area (Å²) in [7, 11) is 0. The van der Waals surface area contributed by atoms with E-state index in [9.17, 15) is 0 Å². The topological polar surface area (TPSA) is 41.9 Å². The van der Waals surface area contributed by atoms with Gasteiger partial charge in [0, 0.05) is 45.6 Å². The third kappa shape index (κ3) is 5.85. The van der Waals surface area contributed by atoms with E-state index >= 15 is 0 Å². The van der Waals surface area contributed by atoms with Crippen LogP contribution in [0.1, 0.15) is 36.3 Å². The van der Waals surface area contributed by atoms with Gasteiger partial charge in [0.25, 0.3) is 0 Å². The normalized spacial score (nSPS) is 16.5. The van der Waals surface area contributed by atoms with E-state index in [-0.39, 0.29) is 11.8 Å². The van der Waals surface area contributed by atoms with Crippen LogP contribution >= 0.6 is 0 Å². The molecule has 0 bridgehead atoms. The van der Waals surface area contributed by atoms with Gasteiger partial charge in [0.2, 0.25) is 0 Å². The number of aromatic nitrogens is 3. The monoisotopic (exact) mass is 656 g/mol. The Bertz CT molecular complexity index is 2360. The van der Waals surface area contributed by atoms with E-state index in [0.717, 1.165) is 28.8 Å². The summed E-state index contributed by atoms with van der Waals surface area (Å²) in [6, 6.07) is 57.5. The van der Waals surface area contributed by atoms with Crippen LogP contribution in [-0.2, 0) is 0 Å². The Balaban J connectivity index is 1.14. The average molecular weight is 657 g/mol. The Morgan fingerprint density at radius 2 is 1.06 bits per heavy atom. The standard InChI is InChI=1S/C47H36N4/c1-32-41-25-11-12-26-43(41)51(44-31-38(27-28-42(32)44)37-22-13-21-36(29-37)33-15-5-2-6-16-33)40-24-14-23-39(30-40)47-49-45(34-17-7-3-8-18-34)48-46(50-47)35-19-9-4-10-20-35/h2-30,32,38H,31H2,1H3. The highest BCUT2D eigenvalue weighted by Gasteiger charge is 2.33. The summed E-state index contributed by atoms with van der Waals surface area (Å²) in [6.07, 6.45) is 5.68. The second kappa shape index (κ2) is 13.1. The number of rotatable bonds is 6. The Morgan fingerprint density at radius 1 is 0.510 bits per heavy atom. The van der Waals surface area contributed by atoms with Gasteiger partial charge in [-0.25, -0.2) is 15.0 Å². The van der Waals surface area contributed by atoms with Gasteiger partial charge in [-0.2, -0.15) is 0 Å². The van der Waals surface area contributed by atoms with Crippen molar-refractivity contribution in [3.63, 3.8) is 0 Å². The molecule has 4 nitrogen and oxygen atoms in total. The predicted octanol–water partition coefficient (Wildman–Crippen LogP) is 11.8. The fourth-order valence-electron chi connectivity index (χ4n) is 7.52. The Morgan fingerprint density at radius 3 is 1.75 bits per heavy atom. The van der Waals surface area contributed by atoms with E-state index in [4.69, 9.17) is 15.0 Å². The van der Waals surface area contributed by atoms with Crippen molar-refractivity contribution >= 4 is 11.4 Å². The van der Waals surface area contributed by atoms with Crippen molar-refractivity contribution in [1.82, 2.24) is 15.0 Å². The van der Waals surface area contributed by atoms with Crippen molar-refractivity contribution in [3.8, 4) is 45.3 Å². The molecule has 0 N–H and O–H groups in total. The summed E-state index contributed by atoms with van der Waals surface area (Å²) < 4.78 is 0. The second-order valence-electron chi connectivity index (χ2n) is 13.3. The number of hydrogen-bond acceptors (Lipinski definition) is 4.